The number of anilines is 1. The summed E-state index contributed by atoms with van der Waals surface area (Å²) in [4.78, 5) is 126. The quantitative estimate of drug-likeness (QED) is 0.0302. The van der Waals surface area contributed by atoms with Crippen LogP contribution in [0, 0.1) is 17.8 Å². The van der Waals surface area contributed by atoms with E-state index < -0.39 is 77.0 Å². The molecule has 1 unspecified atom stereocenters. The molecule has 0 bridgehead atoms. The Morgan fingerprint density at radius 3 is 2.11 bits per heavy atom. The SMILES string of the molecule is CC[C@H](C)[C@H](NC(=O)C(C)(C)N(C)C)C(=O)N(C)[C@H](C[C@@H](OC(C)=O)c1nc(C(=O)N[C@@H](Cc2ccc(O)c(NC(=O)CCCN3C(=O)C=CC3=O)c2)CC(C)C(=O)NCCNC(=O)OC(C)(C)C)cs1)C(C)C. The summed E-state index contributed by atoms with van der Waals surface area (Å²) in [6, 6.07) is 2.45. The molecule has 21 nitrogen and oxygen atoms in total. The fourth-order valence-corrected chi connectivity index (χ4v) is 8.64. The maximum Gasteiger partial charge on any atom is 0.407 e. The van der Waals surface area contributed by atoms with Crippen molar-refractivity contribution in [3.05, 3.63) is 52.0 Å². The molecule has 0 spiro atoms. The zero-order valence-electron chi connectivity index (χ0n) is 45.5. The topological polar surface area (TPSA) is 275 Å². The van der Waals surface area contributed by atoms with Crippen molar-refractivity contribution in [2.24, 2.45) is 17.8 Å². The Morgan fingerprint density at radius 2 is 1.53 bits per heavy atom. The molecule has 6 N–H and O–H groups in total. The second kappa shape index (κ2) is 27.8. The molecule has 8 amide bonds. The Balaban J connectivity index is 1.87. The molecule has 2 heterocycles. The molecule has 0 saturated heterocycles. The van der Waals surface area contributed by atoms with Gasteiger partial charge in [-0.2, -0.15) is 0 Å². The number of aromatic hydroxyl groups is 1. The highest BCUT2D eigenvalue weighted by Gasteiger charge is 2.39. The normalized spacial score (nSPS) is 15.2. The first kappa shape index (κ1) is 61.9. The fourth-order valence-electron chi connectivity index (χ4n) is 7.81. The predicted molar refractivity (Wildman–Crippen MR) is 280 cm³/mol. The predicted octanol–water partition coefficient (Wildman–Crippen LogP) is 4.85. The summed E-state index contributed by atoms with van der Waals surface area (Å²) in [5.41, 5.74) is -0.954. The van der Waals surface area contributed by atoms with Gasteiger partial charge in [0.05, 0.1) is 11.2 Å². The van der Waals surface area contributed by atoms with Gasteiger partial charge in [-0.05, 0) is 97.5 Å². The molecular weight excluding hydrogens is 975 g/mol. The van der Waals surface area contributed by atoms with Crippen LogP contribution in [-0.2, 0) is 49.5 Å². The van der Waals surface area contributed by atoms with Crippen molar-refractivity contribution in [2.45, 2.75) is 150 Å². The number of rotatable bonds is 27. The summed E-state index contributed by atoms with van der Waals surface area (Å²) >= 11 is 1.09. The van der Waals surface area contributed by atoms with Crippen molar-refractivity contribution in [2.75, 3.05) is 46.1 Å². The maximum atomic E-state index is 14.3. The Hall–Kier alpha value is -6.42. The number of aromatic nitrogens is 1. The number of benzene rings is 1. The van der Waals surface area contributed by atoms with Gasteiger partial charge in [0.1, 0.15) is 28.1 Å². The third-order valence-corrected chi connectivity index (χ3v) is 13.8. The van der Waals surface area contributed by atoms with Gasteiger partial charge in [-0.3, -0.25) is 48.2 Å². The first-order valence-electron chi connectivity index (χ1n) is 25.0. The zero-order valence-corrected chi connectivity index (χ0v) is 46.3. The monoisotopic (exact) mass is 1050 g/mol. The molecule has 22 heteroatoms. The van der Waals surface area contributed by atoms with Crippen LogP contribution >= 0.6 is 11.3 Å². The van der Waals surface area contributed by atoms with Gasteiger partial charge in [-0.15, -0.1) is 11.3 Å². The zero-order chi connectivity index (χ0) is 55.8. The maximum absolute atomic E-state index is 14.3. The molecule has 1 aliphatic rings. The first-order chi connectivity index (χ1) is 34.4. The summed E-state index contributed by atoms with van der Waals surface area (Å²) < 4.78 is 11.1. The number of alkyl carbamates (subject to hydrolysis) is 1. The van der Waals surface area contributed by atoms with Crippen LogP contribution in [0.4, 0.5) is 10.5 Å². The number of phenols is 1. The minimum absolute atomic E-state index is 0.00201. The van der Waals surface area contributed by atoms with Crippen LogP contribution in [-0.4, -0.2) is 148 Å². The van der Waals surface area contributed by atoms with Gasteiger partial charge in [-0.1, -0.05) is 47.1 Å². The number of phenolic OH excluding ortho intramolecular Hbond substituents is 1. The lowest BCUT2D eigenvalue weighted by molar-refractivity contribution is -0.149. The third-order valence-electron chi connectivity index (χ3n) is 12.9. The number of thiazole rings is 1. The van der Waals surface area contributed by atoms with Crippen LogP contribution in [0.25, 0.3) is 0 Å². The molecular formula is C52H79N9O12S. The molecule has 1 aromatic heterocycles. The first-order valence-corrected chi connectivity index (χ1v) is 25.9. The third kappa shape index (κ3) is 18.8. The van der Waals surface area contributed by atoms with Crippen molar-refractivity contribution in [1.29, 1.82) is 0 Å². The molecule has 0 radical (unpaired) electrons. The Bertz CT molecular complexity index is 2340. The molecule has 3 rings (SSSR count). The van der Waals surface area contributed by atoms with Crippen LogP contribution in [0.1, 0.15) is 135 Å². The largest absolute Gasteiger partial charge is 0.506 e. The average Bonchev–Trinajstić information content (AvgIpc) is 3.93. The van der Waals surface area contributed by atoms with Crippen LogP contribution in [0.2, 0.25) is 0 Å². The Kier molecular flexibility index (Phi) is 23.2. The van der Waals surface area contributed by atoms with Crippen molar-refractivity contribution in [1.82, 2.24) is 41.0 Å². The molecule has 6 atom stereocenters. The van der Waals surface area contributed by atoms with Crippen molar-refractivity contribution >= 4 is 70.4 Å². The van der Waals surface area contributed by atoms with E-state index in [1.54, 1.807) is 78.6 Å². The number of amides is 8. The summed E-state index contributed by atoms with van der Waals surface area (Å²) in [7, 11) is 5.24. The van der Waals surface area contributed by atoms with E-state index in [2.05, 4.69) is 31.6 Å². The lowest BCUT2D eigenvalue weighted by Crippen LogP contribution is -2.60. The number of nitrogens with one attached hydrogen (secondary N) is 5. The lowest BCUT2D eigenvalue weighted by Gasteiger charge is -2.38. The smallest absolute Gasteiger partial charge is 0.407 e. The van der Waals surface area contributed by atoms with E-state index >= 15 is 0 Å². The highest BCUT2D eigenvalue weighted by Crippen LogP contribution is 2.32. The van der Waals surface area contributed by atoms with Crippen LogP contribution < -0.4 is 26.6 Å². The van der Waals surface area contributed by atoms with Crippen LogP contribution in [0.15, 0.2) is 35.7 Å². The number of hydrogen-bond donors (Lipinski definition) is 6. The molecule has 1 aromatic carbocycles. The van der Waals surface area contributed by atoms with Crippen LogP contribution in [0.5, 0.6) is 5.75 Å². The second-order valence-electron chi connectivity index (χ2n) is 20.9. The summed E-state index contributed by atoms with van der Waals surface area (Å²) in [5.74, 6) is -4.85. The van der Waals surface area contributed by atoms with E-state index in [0.29, 0.717) is 17.0 Å². The van der Waals surface area contributed by atoms with Gasteiger partial charge in [0, 0.05) is 82.0 Å². The van der Waals surface area contributed by atoms with E-state index in [0.717, 1.165) is 28.4 Å². The molecule has 1 aliphatic heterocycles. The number of likely N-dealkylation sites (N-methyl/N-ethyl adjacent to an activating group) is 2. The Labute approximate surface area is 439 Å². The number of ether oxygens (including phenoxy) is 2. The highest BCUT2D eigenvalue weighted by molar-refractivity contribution is 7.09. The number of carbonyl (C=O) groups is 9. The number of nitrogens with zero attached hydrogens (tertiary/aromatic N) is 4. The molecule has 2 aromatic rings. The molecule has 0 fully saturated rings. The van der Waals surface area contributed by atoms with Gasteiger partial charge < -0.3 is 46.1 Å². The van der Waals surface area contributed by atoms with Gasteiger partial charge in [0.25, 0.3) is 17.7 Å². The van der Waals surface area contributed by atoms with E-state index in [4.69, 9.17) is 9.47 Å². The van der Waals surface area contributed by atoms with E-state index in [1.165, 1.54) is 24.4 Å². The van der Waals surface area contributed by atoms with Gasteiger partial charge in [0.15, 0.2) is 6.10 Å². The second-order valence-corrected chi connectivity index (χ2v) is 21.7. The fraction of sp³-hybridized carbons (Fsp3) is 0.615. The Morgan fingerprint density at radius 1 is 0.892 bits per heavy atom. The molecule has 0 aliphatic carbocycles. The number of esters is 1. The van der Waals surface area contributed by atoms with Gasteiger partial charge in [-0.25, -0.2) is 9.78 Å². The minimum Gasteiger partial charge on any atom is -0.506 e. The average molecular weight is 1050 g/mol. The number of hydrogen-bond acceptors (Lipinski definition) is 15. The van der Waals surface area contributed by atoms with Gasteiger partial charge >= 0.3 is 12.1 Å². The number of imide groups is 1. The standard InChI is InChI=1S/C52H79N9O12S/c1-15-31(4)44(58-49(70)52(10,11)59(12)13)48(69)60(14)38(30(2)3)28-40(72-33(6)62)47-57-37(29-74-47)46(68)55-35(25-32(5)45(67)53-22-23-54-50(71)73-51(7,8)9)26-34-18-19-39(63)36(27-34)56-41(64)17-16-24-61-42(65)20-21-43(61)66/h18-21,27,29-32,35,38,40,44,63H,15-17,22-26,28H2,1-14H3,(H,53,67)(H,54,71)(H,55,68)(H,56,64)(H,58,70)/t31-,32?,35+,38+,40+,44-/m0/s1. The van der Waals surface area contributed by atoms with Crippen molar-refractivity contribution in [3.63, 3.8) is 0 Å². The summed E-state index contributed by atoms with van der Waals surface area (Å²) in [6.07, 6.45) is 1.80. The van der Waals surface area contributed by atoms with E-state index in [1.807, 2.05) is 27.7 Å². The number of carbonyl (C=O) groups excluding carboxylic acids is 9. The van der Waals surface area contributed by atoms with E-state index in [9.17, 15) is 48.3 Å². The molecule has 410 valence electrons. The van der Waals surface area contributed by atoms with Crippen molar-refractivity contribution in [3.8, 4) is 5.75 Å². The summed E-state index contributed by atoms with van der Waals surface area (Å²) in [6.45, 7) is 19.6. The van der Waals surface area contributed by atoms with Gasteiger partial charge in [0.2, 0.25) is 23.6 Å². The minimum atomic E-state index is -0.969. The lowest BCUT2D eigenvalue weighted by atomic mass is 9.92. The summed E-state index contributed by atoms with van der Waals surface area (Å²) in [5, 5.41) is 26.6. The van der Waals surface area contributed by atoms with Crippen molar-refractivity contribution < 1.29 is 57.7 Å². The highest BCUT2D eigenvalue weighted by atomic mass is 32.1. The molecule has 0 saturated carbocycles. The molecule has 74 heavy (non-hydrogen) atoms. The van der Waals surface area contributed by atoms with E-state index in [-0.39, 0.29) is 98.4 Å². The van der Waals surface area contributed by atoms with Crippen LogP contribution in [0.3, 0.4) is 0 Å².